The maximum atomic E-state index is 12.5. The van der Waals surface area contributed by atoms with Gasteiger partial charge in [0.2, 0.25) is 0 Å². The molecular weight excluding hydrogens is 312 g/mol. The third kappa shape index (κ3) is 5.18. The summed E-state index contributed by atoms with van der Waals surface area (Å²) < 4.78 is 0. The van der Waals surface area contributed by atoms with Gasteiger partial charge in [-0.15, -0.1) is 0 Å². The largest absolute Gasteiger partial charge is 0.352 e. The van der Waals surface area contributed by atoms with Gasteiger partial charge in [0.25, 0.3) is 11.8 Å². The Balaban J connectivity index is 2.11. The minimum atomic E-state index is -0.218. The molecule has 0 aromatic heterocycles. The molecule has 0 saturated heterocycles. The second-order valence-electron chi connectivity index (χ2n) is 6.39. The van der Waals surface area contributed by atoms with Gasteiger partial charge in [0.15, 0.2) is 0 Å². The van der Waals surface area contributed by atoms with Gasteiger partial charge in [-0.2, -0.15) is 0 Å². The molecule has 25 heavy (non-hydrogen) atoms. The Kier molecular flexibility index (Phi) is 6.75. The number of amides is 2. The molecule has 4 heteroatoms. The van der Waals surface area contributed by atoms with Crippen LogP contribution in [0, 0.1) is 0 Å². The van der Waals surface area contributed by atoms with Gasteiger partial charge in [-0.1, -0.05) is 51.5 Å². The number of para-hydroxylation sites is 1. The molecule has 2 N–H and O–H groups in total. The average Bonchev–Trinajstić information content (AvgIpc) is 2.62. The summed E-state index contributed by atoms with van der Waals surface area (Å²) in [6.45, 7) is 6.93. The van der Waals surface area contributed by atoms with Gasteiger partial charge in [-0.05, 0) is 42.2 Å². The fraction of sp³-hybridized carbons (Fsp3) is 0.333. The molecule has 132 valence electrons. The normalized spacial score (nSPS) is 10.6. The second-order valence-corrected chi connectivity index (χ2v) is 6.39. The Morgan fingerprint density at radius 3 is 2.28 bits per heavy atom. The lowest BCUT2D eigenvalue weighted by atomic mass is 10.0. The van der Waals surface area contributed by atoms with Crippen LogP contribution in [0.25, 0.3) is 0 Å². The number of rotatable bonds is 7. The van der Waals surface area contributed by atoms with Crippen molar-refractivity contribution in [2.45, 2.75) is 39.5 Å². The van der Waals surface area contributed by atoms with E-state index < -0.39 is 0 Å². The number of benzene rings is 2. The van der Waals surface area contributed by atoms with Crippen molar-refractivity contribution < 1.29 is 9.59 Å². The number of hydrogen-bond acceptors (Lipinski definition) is 2. The topological polar surface area (TPSA) is 58.2 Å². The lowest BCUT2D eigenvalue weighted by Crippen LogP contribution is -2.26. The first-order valence-corrected chi connectivity index (χ1v) is 8.81. The molecule has 0 fully saturated rings. The van der Waals surface area contributed by atoms with Crippen LogP contribution in [0.5, 0.6) is 0 Å². The molecule has 0 heterocycles. The van der Waals surface area contributed by atoms with Crippen molar-refractivity contribution in [3.8, 4) is 0 Å². The molecule has 0 spiro atoms. The van der Waals surface area contributed by atoms with E-state index in [0.717, 1.165) is 12.8 Å². The first-order valence-electron chi connectivity index (χ1n) is 8.81. The summed E-state index contributed by atoms with van der Waals surface area (Å²) >= 11 is 0. The molecule has 0 saturated carbocycles. The van der Waals surface area contributed by atoms with E-state index in [4.69, 9.17) is 0 Å². The minimum absolute atomic E-state index is 0.167. The van der Waals surface area contributed by atoms with Crippen molar-refractivity contribution in [3.63, 3.8) is 0 Å². The Hall–Kier alpha value is -2.62. The van der Waals surface area contributed by atoms with E-state index in [2.05, 4.69) is 31.4 Å². The predicted octanol–water partition coefficient (Wildman–Crippen LogP) is 4.59. The number of hydrogen-bond donors (Lipinski definition) is 2. The SMILES string of the molecule is CCCCNC(=O)c1ccccc1NC(=O)c1ccc(C(C)C)cc1. The lowest BCUT2D eigenvalue weighted by molar-refractivity contribution is 0.0954. The first kappa shape index (κ1) is 18.7. The molecule has 0 aliphatic heterocycles. The third-order valence-electron chi connectivity index (χ3n) is 4.08. The van der Waals surface area contributed by atoms with E-state index in [9.17, 15) is 9.59 Å². The minimum Gasteiger partial charge on any atom is -0.352 e. The van der Waals surface area contributed by atoms with Crippen LogP contribution in [-0.4, -0.2) is 18.4 Å². The highest BCUT2D eigenvalue weighted by atomic mass is 16.2. The zero-order valence-electron chi connectivity index (χ0n) is 15.1. The highest BCUT2D eigenvalue weighted by Crippen LogP contribution is 2.18. The zero-order valence-corrected chi connectivity index (χ0v) is 15.1. The van der Waals surface area contributed by atoms with Crippen LogP contribution in [-0.2, 0) is 0 Å². The van der Waals surface area contributed by atoms with Gasteiger partial charge in [0.05, 0.1) is 11.3 Å². The summed E-state index contributed by atoms with van der Waals surface area (Å²) in [6.07, 6.45) is 1.95. The van der Waals surface area contributed by atoms with Gasteiger partial charge in [0, 0.05) is 12.1 Å². The Labute approximate surface area is 149 Å². The number of nitrogens with one attached hydrogen (secondary N) is 2. The summed E-state index contributed by atoms with van der Waals surface area (Å²) in [6, 6.07) is 14.6. The molecule has 0 unspecified atom stereocenters. The molecule has 2 aromatic rings. The molecule has 4 nitrogen and oxygen atoms in total. The molecule has 0 atom stereocenters. The number of carbonyl (C=O) groups excluding carboxylic acids is 2. The summed E-state index contributed by atoms with van der Waals surface area (Å²) in [7, 11) is 0. The second kappa shape index (κ2) is 9.02. The molecule has 0 bridgehead atoms. The predicted molar refractivity (Wildman–Crippen MR) is 102 cm³/mol. The van der Waals surface area contributed by atoms with Crippen molar-refractivity contribution >= 4 is 17.5 Å². The van der Waals surface area contributed by atoms with E-state index in [0.29, 0.717) is 29.3 Å². The summed E-state index contributed by atoms with van der Waals surface area (Å²) in [5.41, 5.74) is 2.76. The highest BCUT2D eigenvalue weighted by Gasteiger charge is 2.14. The lowest BCUT2D eigenvalue weighted by Gasteiger charge is -2.12. The molecule has 2 rings (SSSR count). The maximum Gasteiger partial charge on any atom is 0.255 e. The van der Waals surface area contributed by atoms with Gasteiger partial charge in [-0.25, -0.2) is 0 Å². The van der Waals surface area contributed by atoms with Crippen LogP contribution >= 0.6 is 0 Å². The standard InChI is InChI=1S/C21H26N2O2/c1-4-5-14-22-21(25)18-8-6-7-9-19(18)23-20(24)17-12-10-16(11-13-17)15(2)3/h6-13,15H,4-5,14H2,1-3H3,(H,22,25)(H,23,24). The van der Waals surface area contributed by atoms with Gasteiger partial charge < -0.3 is 10.6 Å². The summed E-state index contributed by atoms with van der Waals surface area (Å²) in [4.78, 5) is 24.8. The van der Waals surface area contributed by atoms with Crippen molar-refractivity contribution in [2.75, 3.05) is 11.9 Å². The van der Waals surface area contributed by atoms with Gasteiger partial charge in [-0.3, -0.25) is 9.59 Å². The van der Waals surface area contributed by atoms with Crippen LogP contribution in [0.15, 0.2) is 48.5 Å². The summed E-state index contributed by atoms with van der Waals surface area (Å²) in [5.74, 6) is 0.0354. The quantitative estimate of drug-likeness (QED) is 0.725. The maximum absolute atomic E-state index is 12.5. The highest BCUT2D eigenvalue weighted by molar-refractivity contribution is 6.09. The molecule has 0 aliphatic rings. The van der Waals surface area contributed by atoms with Crippen LogP contribution < -0.4 is 10.6 Å². The Morgan fingerprint density at radius 2 is 1.64 bits per heavy atom. The van der Waals surface area contributed by atoms with Crippen LogP contribution in [0.1, 0.15) is 65.8 Å². The molecule has 0 aliphatic carbocycles. The van der Waals surface area contributed by atoms with Crippen LogP contribution in [0.2, 0.25) is 0 Å². The van der Waals surface area contributed by atoms with Crippen LogP contribution in [0.3, 0.4) is 0 Å². The van der Waals surface area contributed by atoms with Crippen LogP contribution in [0.4, 0.5) is 5.69 Å². The summed E-state index contributed by atoms with van der Waals surface area (Å²) in [5, 5.41) is 5.73. The molecule has 0 radical (unpaired) electrons. The average molecular weight is 338 g/mol. The molecule has 2 aromatic carbocycles. The van der Waals surface area contributed by atoms with E-state index in [-0.39, 0.29) is 11.8 Å². The van der Waals surface area contributed by atoms with Crippen molar-refractivity contribution in [3.05, 3.63) is 65.2 Å². The van der Waals surface area contributed by atoms with E-state index in [1.54, 1.807) is 24.3 Å². The smallest absolute Gasteiger partial charge is 0.255 e. The van der Waals surface area contributed by atoms with Gasteiger partial charge >= 0.3 is 0 Å². The third-order valence-corrected chi connectivity index (χ3v) is 4.08. The fourth-order valence-corrected chi connectivity index (χ4v) is 2.48. The Bertz CT molecular complexity index is 721. The first-order chi connectivity index (χ1) is 12.0. The number of anilines is 1. The van der Waals surface area contributed by atoms with Gasteiger partial charge in [0.1, 0.15) is 0 Å². The van der Waals surface area contributed by atoms with E-state index in [1.807, 2.05) is 24.3 Å². The zero-order chi connectivity index (χ0) is 18.2. The van der Waals surface area contributed by atoms with E-state index in [1.165, 1.54) is 5.56 Å². The monoisotopic (exact) mass is 338 g/mol. The fourth-order valence-electron chi connectivity index (χ4n) is 2.48. The molecule has 2 amide bonds. The van der Waals surface area contributed by atoms with Crippen molar-refractivity contribution in [1.29, 1.82) is 0 Å². The van der Waals surface area contributed by atoms with Crippen molar-refractivity contribution in [1.82, 2.24) is 5.32 Å². The number of carbonyl (C=O) groups is 2. The Morgan fingerprint density at radius 1 is 0.960 bits per heavy atom. The number of unbranched alkanes of at least 4 members (excludes halogenated alkanes) is 1. The van der Waals surface area contributed by atoms with Crippen molar-refractivity contribution in [2.24, 2.45) is 0 Å². The van der Waals surface area contributed by atoms with E-state index >= 15 is 0 Å². The molecular formula is C21H26N2O2.